The quantitative estimate of drug-likeness (QED) is 0.0489. The molecule has 0 amide bonds. The second kappa shape index (κ2) is 41.3. The molecule has 332 valence electrons. The Labute approximate surface area is 418 Å². The number of carbonyl (C=O) groups is 3. The zero-order valence-electron chi connectivity index (χ0n) is 31.7. The number of nitrogens with one attached hydrogen (secondary N) is 4. The summed E-state index contributed by atoms with van der Waals surface area (Å²) in [6.45, 7) is 2.21. The molecule has 0 saturated heterocycles. The Morgan fingerprint density at radius 1 is 0.767 bits per heavy atom. The van der Waals surface area contributed by atoms with Crippen molar-refractivity contribution in [3.8, 4) is 5.69 Å². The first-order valence-electron chi connectivity index (χ1n) is 15.7. The number of nitrogens with zero attached hydrogens (tertiary/aromatic N) is 3. The first-order chi connectivity index (χ1) is 26.9. The second-order valence-corrected chi connectivity index (χ2v) is 16.5. The summed E-state index contributed by atoms with van der Waals surface area (Å²) in [6, 6.07) is 1.41. The van der Waals surface area contributed by atoms with E-state index < -0.39 is 11.9 Å². The zero-order chi connectivity index (χ0) is 42.5. The standard InChI is InChI=1S/C8H18N2.C7H7BrO2S.C7H5N3O2S.C5H3BrO2S.C4H2Br2S.C2H4N2.CH4.F2.FH.Na.H2O/c1-9-7-5-3-4-6-8(7)10-2;1-2-10-7(9)5-3-11-4-6(5)8;11-7(12)5-3-13-4-6(5)10-8-1-2-9-10;6-4-2-9-1-3(4)5(7)8;5-3-1-7-2-4(3)6;3-1-2-4;;1-2;;;/h7-10H,3-6H2,1-2H3;3-4H,2H2,1H3;1-4H,(H,11,12);1-2H,(H,7,8);1-2H;1-4H;1H4;;1H;;1H2/q;;;;;;;;;+1;/p-1/t7-,8-;;;;;;;;;;/m1........../s1. The van der Waals surface area contributed by atoms with Crippen molar-refractivity contribution < 1.29 is 78.2 Å². The van der Waals surface area contributed by atoms with E-state index in [1.54, 1.807) is 45.2 Å². The maximum absolute atomic E-state index is 11.1. The predicted molar refractivity (Wildman–Crippen MR) is 248 cm³/mol. The van der Waals surface area contributed by atoms with Crippen LogP contribution >= 0.6 is 109 Å². The number of hydrogen-bond acceptors (Lipinski definition) is 15. The van der Waals surface area contributed by atoms with Crippen LogP contribution in [0.2, 0.25) is 0 Å². The largest absolute Gasteiger partial charge is 1.00 e. The SMILES string of the molecule is Brc1cscc1Br.C.CCOC(=O)c1cscc1Br.CN[C@@H]1CCCC[C@H]1NC.F.FF.N=CC=N.O=C(O)c1cscc1-n1nccn1.O=C(O)c1cscc1Br.[Na+].[OH-]. The number of carbonyl (C=O) groups excluding carboxylic acids is 1. The van der Waals surface area contributed by atoms with Gasteiger partial charge in [0.2, 0.25) is 0 Å². The summed E-state index contributed by atoms with van der Waals surface area (Å²) in [6.07, 6.45) is 10.3. The summed E-state index contributed by atoms with van der Waals surface area (Å²) < 4.78 is 24.5. The van der Waals surface area contributed by atoms with Crippen molar-refractivity contribution in [3.63, 3.8) is 0 Å². The van der Waals surface area contributed by atoms with Gasteiger partial charge in [0.1, 0.15) is 5.69 Å². The molecule has 0 radical (unpaired) electrons. The van der Waals surface area contributed by atoms with Crippen molar-refractivity contribution in [2.24, 2.45) is 0 Å². The molecule has 1 aliphatic carbocycles. The van der Waals surface area contributed by atoms with Crippen molar-refractivity contribution in [2.45, 2.75) is 52.1 Å². The van der Waals surface area contributed by atoms with Crippen molar-refractivity contribution in [3.05, 3.63) is 90.0 Å². The van der Waals surface area contributed by atoms with Crippen LogP contribution in [0.5, 0.6) is 0 Å². The Balaban J connectivity index is -0.000000202. The molecule has 60 heavy (non-hydrogen) atoms. The molecule has 0 spiro atoms. The Kier molecular flexibility index (Phi) is 46.4. The first-order valence-corrected chi connectivity index (χ1v) is 22.7. The van der Waals surface area contributed by atoms with Gasteiger partial charge in [0.05, 0.1) is 35.7 Å². The van der Waals surface area contributed by atoms with E-state index in [1.165, 1.54) is 76.9 Å². The van der Waals surface area contributed by atoms with Gasteiger partial charge in [0.25, 0.3) is 0 Å². The molecule has 5 aromatic heterocycles. The minimum atomic E-state index is -0.964. The number of likely N-dealkylation sites (N-methyl/N-ethyl adjacent to an activating group) is 2. The van der Waals surface area contributed by atoms with Crippen LogP contribution in [0.25, 0.3) is 5.69 Å². The van der Waals surface area contributed by atoms with E-state index in [2.05, 4.69) is 98.6 Å². The maximum atomic E-state index is 11.1. The molecular weight excluding hydrogens is 1150 g/mol. The molecule has 26 heteroatoms. The van der Waals surface area contributed by atoms with Gasteiger partial charge in [-0.3, -0.25) is 4.70 Å². The molecule has 5 aromatic rings. The smallest absolute Gasteiger partial charge is 0.870 e. The van der Waals surface area contributed by atoms with Gasteiger partial charge in [-0.2, -0.15) is 44.2 Å². The molecule has 1 saturated carbocycles. The minimum absolute atomic E-state index is 0. The number of aromatic nitrogens is 3. The number of esters is 1. The van der Waals surface area contributed by atoms with Crippen LogP contribution in [-0.2, 0) is 4.74 Å². The third-order valence-electron chi connectivity index (χ3n) is 6.62. The van der Waals surface area contributed by atoms with Crippen molar-refractivity contribution in [1.82, 2.24) is 25.6 Å². The number of carboxylic acid groups (broad SMARTS) is 2. The summed E-state index contributed by atoms with van der Waals surface area (Å²) in [5, 5.41) is 58.0. The average Bonchev–Trinajstić information content (AvgIpc) is 4.07. The van der Waals surface area contributed by atoms with Crippen LogP contribution in [0.4, 0.5) is 13.9 Å². The monoisotopic (exact) mass is 1190 g/mol. The number of aromatic carboxylic acids is 2. The second-order valence-electron chi connectivity index (χ2n) is 10.1. The Morgan fingerprint density at radius 3 is 1.43 bits per heavy atom. The van der Waals surface area contributed by atoms with Crippen molar-refractivity contribution >= 4 is 139 Å². The normalized spacial score (nSPS) is 12.6. The number of ether oxygens (including phenoxy) is 1. The molecule has 7 N–H and O–H groups in total. The van der Waals surface area contributed by atoms with Gasteiger partial charge in [0, 0.05) is 94.6 Å². The number of carboxylic acids is 2. The van der Waals surface area contributed by atoms with Crippen LogP contribution in [0.1, 0.15) is 71.1 Å². The van der Waals surface area contributed by atoms with Crippen LogP contribution in [-0.4, -0.2) is 93.8 Å². The third-order valence-corrected chi connectivity index (χ3v) is 14.0. The van der Waals surface area contributed by atoms with E-state index >= 15 is 0 Å². The molecule has 1 aliphatic rings. The molecule has 5 heterocycles. The number of thiophene rings is 4. The molecule has 0 aliphatic heterocycles. The van der Waals surface area contributed by atoms with Crippen LogP contribution in [0, 0.1) is 10.8 Å². The van der Waals surface area contributed by atoms with Gasteiger partial charge in [-0.1, -0.05) is 20.3 Å². The van der Waals surface area contributed by atoms with Gasteiger partial charge >= 0.3 is 47.5 Å². The number of rotatable bonds is 8. The molecule has 14 nitrogen and oxygen atoms in total. The van der Waals surface area contributed by atoms with Crippen LogP contribution in [0.3, 0.4) is 0 Å². The summed E-state index contributed by atoms with van der Waals surface area (Å²) in [7, 11) is 4.11. The van der Waals surface area contributed by atoms with E-state index in [4.69, 9.17) is 34.9 Å². The van der Waals surface area contributed by atoms with E-state index in [1.807, 2.05) is 16.1 Å². The van der Waals surface area contributed by atoms with Crippen molar-refractivity contribution in [1.29, 1.82) is 10.8 Å². The molecule has 2 atom stereocenters. The summed E-state index contributed by atoms with van der Waals surface area (Å²) in [5.41, 5.74) is 1.67. The topological polar surface area (TPSA) is 233 Å². The van der Waals surface area contributed by atoms with Gasteiger partial charge in [0.15, 0.2) is 0 Å². The molecule has 6 rings (SSSR count). The fraction of sp³-hybridized carbons (Fsp3) is 0.324. The molecule has 0 aromatic carbocycles. The molecular formula is C34H45Br4F3N7NaO7S4. The maximum Gasteiger partial charge on any atom is 1.00 e. The van der Waals surface area contributed by atoms with Crippen LogP contribution < -0.4 is 40.2 Å². The first kappa shape index (κ1) is 67.4. The van der Waals surface area contributed by atoms with Gasteiger partial charge in [-0.15, -0.1) is 16.1 Å². The van der Waals surface area contributed by atoms with Crippen LogP contribution in [0.15, 0.2) is 73.3 Å². The summed E-state index contributed by atoms with van der Waals surface area (Å²) in [5.74, 6) is -2.11. The molecule has 0 bridgehead atoms. The van der Waals surface area contributed by atoms with E-state index in [0.717, 1.165) is 25.8 Å². The fourth-order valence-corrected chi connectivity index (χ4v) is 9.48. The van der Waals surface area contributed by atoms with E-state index in [9.17, 15) is 14.4 Å². The number of halogens is 7. The molecule has 1 fully saturated rings. The Bertz CT molecular complexity index is 1830. The van der Waals surface area contributed by atoms with Gasteiger partial charge in [-0.25, -0.2) is 14.4 Å². The Hall–Kier alpha value is -1.72. The predicted octanol–water partition coefficient (Wildman–Crippen LogP) is 8.67. The zero-order valence-corrected chi connectivity index (χ0v) is 43.4. The van der Waals surface area contributed by atoms with E-state index in [0.29, 0.717) is 40.0 Å². The minimum Gasteiger partial charge on any atom is -0.870 e. The van der Waals surface area contributed by atoms with Crippen molar-refractivity contribution in [2.75, 3.05) is 20.7 Å². The average molecular weight is 1190 g/mol. The summed E-state index contributed by atoms with van der Waals surface area (Å²) >= 11 is 18.8. The van der Waals surface area contributed by atoms with Gasteiger partial charge < -0.3 is 41.9 Å². The third kappa shape index (κ3) is 26.7. The summed E-state index contributed by atoms with van der Waals surface area (Å²) in [4.78, 5) is 33.3. The number of hydrogen-bond donors (Lipinski definition) is 6. The van der Waals surface area contributed by atoms with E-state index in [-0.39, 0.29) is 58.7 Å². The molecule has 0 unspecified atom stereocenters. The Morgan fingerprint density at radius 2 is 1.13 bits per heavy atom. The fourth-order valence-electron chi connectivity index (χ4n) is 4.10. The van der Waals surface area contributed by atoms with Gasteiger partial charge in [-0.05, 0) is 97.6 Å².